The molecule has 0 fully saturated rings. The molecule has 148 valence electrons. The summed E-state index contributed by atoms with van der Waals surface area (Å²) >= 11 is 5.80. The smallest absolute Gasteiger partial charge is 0.251 e. The van der Waals surface area contributed by atoms with E-state index in [0.29, 0.717) is 28.4 Å². The predicted octanol–water partition coefficient (Wildman–Crippen LogP) is 3.23. The van der Waals surface area contributed by atoms with Gasteiger partial charge in [-0.3, -0.25) is 14.4 Å². The molecule has 2 aromatic rings. The summed E-state index contributed by atoms with van der Waals surface area (Å²) in [4.78, 5) is 38.4. The Hall–Kier alpha value is -2.70. The number of Topliss-reactive ketones (excluding diaryl/α,β-unsaturated/α-hetero) is 1. The number of amides is 2. The molecule has 0 saturated heterocycles. The molecule has 0 saturated carbocycles. The van der Waals surface area contributed by atoms with E-state index in [1.165, 1.54) is 0 Å². The number of rotatable bonds is 9. The summed E-state index contributed by atoms with van der Waals surface area (Å²) in [5, 5.41) is 6.11. The zero-order valence-corrected chi connectivity index (χ0v) is 16.8. The maximum absolute atomic E-state index is 12.2. The number of likely N-dealkylation sites (N-methyl/N-ethyl adjacent to an activating group) is 1. The third-order valence-electron chi connectivity index (χ3n) is 4.00. The van der Waals surface area contributed by atoms with Crippen molar-refractivity contribution in [1.29, 1.82) is 0 Å². The van der Waals surface area contributed by atoms with Crippen molar-refractivity contribution in [2.75, 3.05) is 32.5 Å². The zero-order valence-electron chi connectivity index (χ0n) is 16.0. The van der Waals surface area contributed by atoms with Crippen LogP contribution in [0.15, 0.2) is 48.5 Å². The Morgan fingerprint density at radius 2 is 1.68 bits per heavy atom. The van der Waals surface area contributed by atoms with Gasteiger partial charge in [-0.25, -0.2) is 0 Å². The second kappa shape index (κ2) is 10.6. The maximum Gasteiger partial charge on any atom is 0.251 e. The number of hydrogen-bond acceptors (Lipinski definition) is 4. The molecule has 0 radical (unpaired) electrons. The largest absolute Gasteiger partial charge is 0.351 e. The van der Waals surface area contributed by atoms with E-state index in [1.54, 1.807) is 48.5 Å². The van der Waals surface area contributed by atoms with Gasteiger partial charge in [0.15, 0.2) is 5.78 Å². The highest BCUT2D eigenvalue weighted by atomic mass is 35.5. The highest BCUT2D eigenvalue weighted by Gasteiger charge is 2.11. The maximum atomic E-state index is 12.2. The lowest BCUT2D eigenvalue weighted by Gasteiger charge is -2.11. The Labute approximate surface area is 169 Å². The second-order valence-corrected chi connectivity index (χ2v) is 7.05. The van der Waals surface area contributed by atoms with Gasteiger partial charge in [0, 0.05) is 47.8 Å². The van der Waals surface area contributed by atoms with Crippen molar-refractivity contribution in [3.8, 4) is 0 Å². The molecule has 0 bridgehead atoms. The van der Waals surface area contributed by atoms with Crippen molar-refractivity contribution in [2.45, 2.75) is 12.8 Å². The van der Waals surface area contributed by atoms with Crippen LogP contribution < -0.4 is 10.6 Å². The summed E-state index contributed by atoms with van der Waals surface area (Å²) in [5.74, 6) is -0.607. The van der Waals surface area contributed by atoms with Crippen molar-refractivity contribution in [1.82, 2.24) is 10.2 Å². The van der Waals surface area contributed by atoms with Crippen molar-refractivity contribution >= 4 is 34.9 Å². The van der Waals surface area contributed by atoms with Crippen molar-refractivity contribution in [2.24, 2.45) is 0 Å². The number of carbonyl (C=O) groups excluding carboxylic acids is 3. The van der Waals surface area contributed by atoms with Gasteiger partial charge in [-0.1, -0.05) is 17.7 Å². The van der Waals surface area contributed by atoms with Gasteiger partial charge in [0.25, 0.3) is 5.91 Å². The number of halogens is 1. The van der Waals surface area contributed by atoms with Gasteiger partial charge in [-0.05, 0) is 56.6 Å². The van der Waals surface area contributed by atoms with Crippen LogP contribution in [0.2, 0.25) is 5.02 Å². The number of carbonyl (C=O) groups is 3. The molecule has 0 unspecified atom stereocenters. The van der Waals surface area contributed by atoms with Gasteiger partial charge >= 0.3 is 0 Å². The van der Waals surface area contributed by atoms with E-state index >= 15 is 0 Å². The molecular weight excluding hydrogens is 378 g/mol. The fourth-order valence-electron chi connectivity index (χ4n) is 2.46. The fourth-order valence-corrected chi connectivity index (χ4v) is 2.59. The number of nitrogens with one attached hydrogen (secondary N) is 2. The van der Waals surface area contributed by atoms with Crippen LogP contribution in [0.1, 0.15) is 33.6 Å². The molecule has 0 aliphatic rings. The first kappa shape index (κ1) is 21.6. The number of anilines is 1. The number of benzene rings is 2. The van der Waals surface area contributed by atoms with Crippen LogP contribution in [0.4, 0.5) is 5.69 Å². The molecule has 0 aliphatic heterocycles. The molecule has 0 aliphatic carbocycles. The Balaban J connectivity index is 1.85. The average Bonchev–Trinajstić information content (AvgIpc) is 2.66. The first-order valence-corrected chi connectivity index (χ1v) is 9.34. The quantitative estimate of drug-likeness (QED) is 0.632. The summed E-state index contributed by atoms with van der Waals surface area (Å²) in [5.41, 5.74) is 1.51. The summed E-state index contributed by atoms with van der Waals surface area (Å²) in [6, 6.07) is 13.3. The Kier molecular flexibility index (Phi) is 8.17. The van der Waals surface area contributed by atoms with Crippen LogP contribution in [0, 0.1) is 0 Å². The molecule has 0 spiro atoms. The molecule has 0 aromatic heterocycles. The summed E-state index contributed by atoms with van der Waals surface area (Å²) in [6.07, 6.45) is 0.152. The van der Waals surface area contributed by atoms with E-state index in [0.717, 1.165) is 6.54 Å². The summed E-state index contributed by atoms with van der Waals surface area (Å²) < 4.78 is 0. The number of hydrogen-bond donors (Lipinski definition) is 2. The molecule has 2 amide bonds. The van der Waals surface area contributed by atoms with E-state index in [1.807, 2.05) is 19.0 Å². The lowest BCUT2D eigenvalue weighted by molar-refractivity contribution is -0.116. The van der Waals surface area contributed by atoms with Gasteiger partial charge in [0.2, 0.25) is 5.91 Å². The molecule has 28 heavy (non-hydrogen) atoms. The highest BCUT2D eigenvalue weighted by molar-refractivity contribution is 6.30. The molecule has 6 nitrogen and oxygen atoms in total. The van der Waals surface area contributed by atoms with Gasteiger partial charge in [0.1, 0.15) is 0 Å². The van der Waals surface area contributed by atoms with E-state index in [-0.39, 0.29) is 30.4 Å². The molecule has 2 rings (SSSR count). The topological polar surface area (TPSA) is 78.5 Å². The van der Waals surface area contributed by atoms with E-state index in [4.69, 9.17) is 11.6 Å². The fraction of sp³-hybridized carbons (Fsp3) is 0.286. The Morgan fingerprint density at radius 1 is 0.964 bits per heavy atom. The third-order valence-corrected chi connectivity index (χ3v) is 4.25. The van der Waals surface area contributed by atoms with Gasteiger partial charge < -0.3 is 15.5 Å². The molecular formula is C21H24ClN3O3. The van der Waals surface area contributed by atoms with Crippen molar-refractivity contribution < 1.29 is 14.4 Å². The van der Waals surface area contributed by atoms with Crippen LogP contribution in [-0.4, -0.2) is 49.7 Å². The Bertz CT molecular complexity index is 835. The highest BCUT2D eigenvalue weighted by Crippen LogP contribution is 2.14. The first-order valence-electron chi connectivity index (χ1n) is 8.97. The van der Waals surface area contributed by atoms with Gasteiger partial charge in [-0.2, -0.15) is 0 Å². The normalized spacial score (nSPS) is 10.6. The van der Waals surface area contributed by atoms with Gasteiger partial charge in [0.05, 0.1) is 0 Å². The minimum atomic E-state index is -0.285. The van der Waals surface area contributed by atoms with Gasteiger partial charge in [-0.15, -0.1) is 0 Å². The number of ketones is 1. The van der Waals surface area contributed by atoms with Crippen molar-refractivity contribution in [3.05, 3.63) is 64.7 Å². The van der Waals surface area contributed by atoms with Crippen molar-refractivity contribution in [3.63, 3.8) is 0 Å². The monoisotopic (exact) mass is 401 g/mol. The zero-order chi connectivity index (χ0) is 20.5. The molecule has 2 aromatic carbocycles. The predicted molar refractivity (Wildman–Crippen MR) is 111 cm³/mol. The lowest BCUT2D eigenvalue weighted by atomic mass is 10.1. The first-order chi connectivity index (χ1) is 13.3. The van der Waals surface area contributed by atoms with Crippen LogP contribution in [0.3, 0.4) is 0 Å². The standard InChI is InChI=1S/C21H24ClN3O3/c1-25(2)13-12-23-21(28)16-4-3-5-18(14-16)24-20(27)11-10-19(26)15-6-8-17(22)9-7-15/h3-9,14H,10-13H2,1-2H3,(H,23,28)(H,24,27). The van der Waals surface area contributed by atoms with E-state index in [9.17, 15) is 14.4 Å². The van der Waals surface area contributed by atoms with E-state index < -0.39 is 0 Å². The van der Waals surface area contributed by atoms with Crippen LogP contribution in [0.5, 0.6) is 0 Å². The minimum absolute atomic E-state index is 0.0563. The SMILES string of the molecule is CN(C)CCNC(=O)c1cccc(NC(=O)CCC(=O)c2ccc(Cl)cc2)c1. The Morgan fingerprint density at radius 3 is 2.36 bits per heavy atom. The second-order valence-electron chi connectivity index (χ2n) is 6.62. The average molecular weight is 402 g/mol. The minimum Gasteiger partial charge on any atom is -0.351 e. The summed E-state index contributed by atoms with van der Waals surface area (Å²) in [7, 11) is 3.86. The molecule has 7 heteroatoms. The van der Waals surface area contributed by atoms with Crippen LogP contribution in [0.25, 0.3) is 0 Å². The molecule has 0 heterocycles. The molecule has 2 N–H and O–H groups in total. The van der Waals surface area contributed by atoms with E-state index in [2.05, 4.69) is 10.6 Å². The molecule has 0 atom stereocenters. The van der Waals surface area contributed by atoms with Crippen LogP contribution in [-0.2, 0) is 4.79 Å². The summed E-state index contributed by atoms with van der Waals surface area (Å²) in [6.45, 7) is 1.28. The third kappa shape index (κ3) is 7.13. The lowest BCUT2D eigenvalue weighted by Crippen LogP contribution is -2.31. The van der Waals surface area contributed by atoms with Crippen LogP contribution >= 0.6 is 11.6 Å². The number of nitrogens with zero attached hydrogens (tertiary/aromatic N) is 1.